The van der Waals surface area contributed by atoms with E-state index < -0.39 is 39.9 Å². The van der Waals surface area contributed by atoms with Crippen LogP contribution in [0.2, 0.25) is 0 Å². The Kier molecular flexibility index (Phi) is 4.54. The molecule has 21 heavy (non-hydrogen) atoms. The summed E-state index contributed by atoms with van der Waals surface area (Å²) in [5.41, 5.74) is -0.410. The standard InChI is InChI=1S/C12H20N2O6S/c1-12(7-13-8-12)20-5-10(15)14(4-11(16)17)9-2-3-21(18,19)6-9/h9,13H,2-8H2,1H3,(H,16,17). The Morgan fingerprint density at radius 1 is 1.43 bits per heavy atom. The fourth-order valence-corrected chi connectivity index (χ4v) is 4.22. The molecule has 8 nitrogen and oxygen atoms in total. The van der Waals surface area contributed by atoms with Crippen LogP contribution in [0.5, 0.6) is 0 Å². The van der Waals surface area contributed by atoms with Crippen molar-refractivity contribution in [3.05, 3.63) is 0 Å². The lowest BCUT2D eigenvalue weighted by Gasteiger charge is -2.39. The predicted molar refractivity (Wildman–Crippen MR) is 73.6 cm³/mol. The highest BCUT2D eigenvalue weighted by atomic mass is 32.2. The van der Waals surface area contributed by atoms with Crippen molar-refractivity contribution in [2.24, 2.45) is 0 Å². The highest BCUT2D eigenvalue weighted by molar-refractivity contribution is 7.91. The zero-order valence-corrected chi connectivity index (χ0v) is 12.7. The molecule has 2 heterocycles. The van der Waals surface area contributed by atoms with Gasteiger partial charge in [-0.1, -0.05) is 0 Å². The van der Waals surface area contributed by atoms with E-state index in [4.69, 9.17) is 9.84 Å². The van der Waals surface area contributed by atoms with Gasteiger partial charge in [0.05, 0.1) is 17.1 Å². The Balaban J connectivity index is 1.98. The average Bonchev–Trinajstić information content (AvgIpc) is 2.70. The first kappa shape index (κ1) is 16.2. The van der Waals surface area contributed by atoms with Crippen LogP contribution >= 0.6 is 0 Å². The molecule has 9 heteroatoms. The van der Waals surface area contributed by atoms with Crippen LogP contribution in [0.15, 0.2) is 0 Å². The quantitative estimate of drug-likeness (QED) is 0.610. The Hall–Kier alpha value is -1.19. The molecule has 2 rings (SSSR count). The van der Waals surface area contributed by atoms with E-state index in [1.807, 2.05) is 6.92 Å². The van der Waals surface area contributed by atoms with E-state index in [-0.39, 0.29) is 24.5 Å². The van der Waals surface area contributed by atoms with E-state index >= 15 is 0 Å². The molecule has 0 bridgehead atoms. The lowest BCUT2D eigenvalue weighted by atomic mass is 10.0. The van der Waals surface area contributed by atoms with Crippen LogP contribution in [-0.2, 0) is 24.2 Å². The number of hydrogen-bond acceptors (Lipinski definition) is 6. The van der Waals surface area contributed by atoms with Crippen LogP contribution in [0, 0.1) is 0 Å². The zero-order valence-electron chi connectivity index (χ0n) is 11.9. The third-order valence-corrected chi connectivity index (χ3v) is 5.57. The van der Waals surface area contributed by atoms with Crippen LogP contribution < -0.4 is 5.32 Å². The van der Waals surface area contributed by atoms with Crippen LogP contribution in [0.1, 0.15) is 13.3 Å². The molecule has 2 N–H and O–H groups in total. The van der Waals surface area contributed by atoms with E-state index in [2.05, 4.69) is 5.32 Å². The van der Waals surface area contributed by atoms with Gasteiger partial charge in [-0.25, -0.2) is 8.42 Å². The second-order valence-electron chi connectivity index (χ2n) is 5.81. The maximum absolute atomic E-state index is 12.2. The SMILES string of the molecule is CC1(OCC(=O)N(CC(=O)O)C2CCS(=O)(=O)C2)CNC1. The van der Waals surface area contributed by atoms with Gasteiger partial charge in [-0.3, -0.25) is 9.59 Å². The summed E-state index contributed by atoms with van der Waals surface area (Å²) in [6, 6.07) is -0.575. The van der Waals surface area contributed by atoms with Crippen molar-refractivity contribution in [1.82, 2.24) is 10.2 Å². The summed E-state index contributed by atoms with van der Waals surface area (Å²) in [7, 11) is -3.18. The highest BCUT2D eigenvalue weighted by Crippen LogP contribution is 2.19. The van der Waals surface area contributed by atoms with Gasteiger partial charge < -0.3 is 20.1 Å². The summed E-state index contributed by atoms with van der Waals surface area (Å²) >= 11 is 0. The van der Waals surface area contributed by atoms with Crippen molar-refractivity contribution in [3.63, 3.8) is 0 Å². The third kappa shape index (κ3) is 4.14. The van der Waals surface area contributed by atoms with Gasteiger partial charge in [0.15, 0.2) is 9.84 Å². The maximum Gasteiger partial charge on any atom is 0.323 e. The molecule has 0 aromatic heterocycles. The Morgan fingerprint density at radius 2 is 2.10 bits per heavy atom. The number of rotatable bonds is 6. The molecule has 2 aliphatic heterocycles. The van der Waals surface area contributed by atoms with Gasteiger partial charge in [-0.2, -0.15) is 0 Å². The smallest absolute Gasteiger partial charge is 0.323 e. The molecule has 0 saturated carbocycles. The Labute approximate surface area is 123 Å². The van der Waals surface area contributed by atoms with Gasteiger partial charge >= 0.3 is 5.97 Å². The average molecular weight is 320 g/mol. The molecule has 1 atom stereocenters. The number of sulfone groups is 1. The van der Waals surface area contributed by atoms with Gasteiger partial charge in [-0.05, 0) is 13.3 Å². The van der Waals surface area contributed by atoms with Gasteiger partial charge in [0.25, 0.3) is 0 Å². The zero-order chi connectivity index (χ0) is 15.7. The van der Waals surface area contributed by atoms with Crippen molar-refractivity contribution in [2.75, 3.05) is 37.7 Å². The topological polar surface area (TPSA) is 113 Å². The predicted octanol–water partition coefficient (Wildman–Crippen LogP) is -1.53. The normalized spacial score (nSPS) is 26.0. The monoisotopic (exact) mass is 320 g/mol. The first-order valence-corrected chi connectivity index (χ1v) is 8.59. The Morgan fingerprint density at radius 3 is 2.52 bits per heavy atom. The molecule has 2 aliphatic rings. The fourth-order valence-electron chi connectivity index (χ4n) is 2.49. The van der Waals surface area contributed by atoms with Crippen molar-refractivity contribution in [2.45, 2.75) is 25.0 Å². The molecule has 0 spiro atoms. The van der Waals surface area contributed by atoms with E-state index in [1.165, 1.54) is 0 Å². The van der Waals surface area contributed by atoms with Crippen LogP contribution in [0.25, 0.3) is 0 Å². The molecule has 0 aromatic carbocycles. The molecule has 0 radical (unpaired) electrons. The lowest BCUT2D eigenvalue weighted by Crippen LogP contribution is -2.60. The van der Waals surface area contributed by atoms with Crippen molar-refractivity contribution in [3.8, 4) is 0 Å². The fraction of sp³-hybridized carbons (Fsp3) is 0.833. The summed E-state index contributed by atoms with van der Waals surface area (Å²) in [5, 5.41) is 11.9. The third-order valence-electron chi connectivity index (χ3n) is 3.82. The number of amides is 1. The van der Waals surface area contributed by atoms with E-state index in [0.717, 1.165) is 4.90 Å². The molecule has 120 valence electrons. The second kappa shape index (κ2) is 5.90. The van der Waals surface area contributed by atoms with Crippen LogP contribution in [-0.4, -0.2) is 79.7 Å². The van der Waals surface area contributed by atoms with Gasteiger partial charge in [-0.15, -0.1) is 0 Å². The van der Waals surface area contributed by atoms with Gasteiger partial charge in [0, 0.05) is 19.1 Å². The minimum atomic E-state index is -3.18. The number of aliphatic carboxylic acids is 1. The van der Waals surface area contributed by atoms with E-state index in [9.17, 15) is 18.0 Å². The molecular formula is C12H20N2O6S. The number of hydrogen-bond donors (Lipinski definition) is 2. The molecule has 1 unspecified atom stereocenters. The second-order valence-corrected chi connectivity index (χ2v) is 8.04. The number of carbonyl (C=O) groups excluding carboxylic acids is 1. The van der Waals surface area contributed by atoms with E-state index in [1.54, 1.807) is 0 Å². The van der Waals surface area contributed by atoms with Crippen molar-refractivity contribution >= 4 is 21.7 Å². The summed E-state index contributed by atoms with van der Waals surface area (Å²) in [4.78, 5) is 24.2. The number of carboxylic acid groups (broad SMARTS) is 1. The highest BCUT2D eigenvalue weighted by Gasteiger charge is 2.37. The summed E-state index contributed by atoms with van der Waals surface area (Å²) in [6.07, 6.45) is 0.278. The maximum atomic E-state index is 12.2. The summed E-state index contributed by atoms with van der Waals surface area (Å²) in [5.74, 6) is -1.83. The molecule has 1 amide bonds. The van der Waals surface area contributed by atoms with Crippen molar-refractivity contribution in [1.29, 1.82) is 0 Å². The molecule has 2 saturated heterocycles. The number of nitrogens with zero attached hydrogens (tertiary/aromatic N) is 1. The molecular weight excluding hydrogens is 300 g/mol. The summed E-state index contributed by atoms with van der Waals surface area (Å²) in [6.45, 7) is 2.39. The molecule has 0 aliphatic carbocycles. The van der Waals surface area contributed by atoms with Crippen LogP contribution in [0.4, 0.5) is 0 Å². The van der Waals surface area contributed by atoms with Crippen molar-refractivity contribution < 1.29 is 27.9 Å². The number of carbonyl (C=O) groups is 2. The first-order chi connectivity index (χ1) is 9.71. The number of nitrogens with one attached hydrogen (secondary N) is 1. The van der Waals surface area contributed by atoms with Gasteiger partial charge in [0.1, 0.15) is 13.2 Å². The lowest BCUT2D eigenvalue weighted by molar-refractivity contribution is -0.153. The molecule has 2 fully saturated rings. The number of carboxylic acids is 1. The molecule has 0 aromatic rings. The largest absolute Gasteiger partial charge is 0.480 e. The van der Waals surface area contributed by atoms with Gasteiger partial charge in [0.2, 0.25) is 5.91 Å². The van der Waals surface area contributed by atoms with E-state index in [0.29, 0.717) is 13.1 Å². The minimum absolute atomic E-state index is 0.0104. The summed E-state index contributed by atoms with van der Waals surface area (Å²) < 4.78 is 28.5. The minimum Gasteiger partial charge on any atom is -0.480 e. The van der Waals surface area contributed by atoms with Crippen LogP contribution in [0.3, 0.4) is 0 Å². The first-order valence-electron chi connectivity index (χ1n) is 6.77. The Bertz CT molecular complexity index is 528. The number of ether oxygens (including phenoxy) is 1.